The van der Waals surface area contributed by atoms with Crippen molar-refractivity contribution < 1.29 is 14.3 Å². The Bertz CT molecular complexity index is 1820. The first-order chi connectivity index (χ1) is 19.7. The van der Waals surface area contributed by atoms with Crippen LogP contribution in [0.4, 0.5) is 0 Å². The number of rotatable bonds is 7. The number of halogens is 3. The number of benzene rings is 3. The number of allylic oxidation sites excluding steroid dienone is 1. The summed E-state index contributed by atoms with van der Waals surface area (Å²) in [6.07, 6.45) is 1.82. The highest BCUT2D eigenvalue weighted by atomic mass is 79.9. The predicted octanol–water partition coefficient (Wildman–Crippen LogP) is 6.86. The molecule has 210 valence electrons. The Morgan fingerprint density at radius 2 is 1.73 bits per heavy atom. The van der Waals surface area contributed by atoms with E-state index in [-0.39, 0.29) is 12.2 Å². The van der Waals surface area contributed by atoms with Crippen molar-refractivity contribution in [1.29, 1.82) is 0 Å². The topological polar surface area (TPSA) is 69.9 Å². The van der Waals surface area contributed by atoms with Gasteiger partial charge in [0, 0.05) is 5.02 Å². The maximum Gasteiger partial charge on any atom is 0.338 e. The zero-order valence-electron chi connectivity index (χ0n) is 22.4. The number of hydrogen-bond donors (Lipinski definition) is 0. The molecule has 3 aromatic carbocycles. The highest BCUT2D eigenvalue weighted by Gasteiger charge is 2.33. The summed E-state index contributed by atoms with van der Waals surface area (Å²) in [5, 5.41) is 0.670. The zero-order valence-corrected chi connectivity index (χ0v) is 27.2. The van der Waals surface area contributed by atoms with Crippen molar-refractivity contribution >= 4 is 66.8 Å². The number of aryl methyl sites for hydroxylation is 1. The molecule has 0 bridgehead atoms. The van der Waals surface area contributed by atoms with E-state index in [9.17, 15) is 9.59 Å². The van der Waals surface area contributed by atoms with E-state index >= 15 is 0 Å². The molecule has 4 aromatic rings. The minimum atomic E-state index is -0.643. The lowest BCUT2D eigenvalue weighted by molar-refractivity contribution is -0.139. The molecule has 0 unspecified atom stereocenters. The maximum atomic E-state index is 13.9. The Hall–Kier alpha value is -2.98. The zero-order chi connectivity index (χ0) is 29.3. The number of fused-ring (bicyclic) bond motifs is 1. The van der Waals surface area contributed by atoms with E-state index in [0.717, 1.165) is 31.2 Å². The smallest absolute Gasteiger partial charge is 0.338 e. The van der Waals surface area contributed by atoms with Crippen LogP contribution in [0, 0.1) is 6.92 Å². The Morgan fingerprint density at radius 1 is 1.07 bits per heavy atom. The summed E-state index contributed by atoms with van der Waals surface area (Å²) in [7, 11) is 0. The van der Waals surface area contributed by atoms with Crippen molar-refractivity contribution in [3.63, 3.8) is 0 Å². The molecule has 0 spiro atoms. The number of nitrogens with zero attached hydrogens (tertiary/aromatic N) is 2. The van der Waals surface area contributed by atoms with Gasteiger partial charge in [-0.25, -0.2) is 9.79 Å². The van der Waals surface area contributed by atoms with Crippen molar-refractivity contribution in [2.75, 3.05) is 6.61 Å². The van der Waals surface area contributed by atoms with Gasteiger partial charge in [-0.3, -0.25) is 9.36 Å². The van der Waals surface area contributed by atoms with Gasteiger partial charge in [-0.1, -0.05) is 64.9 Å². The Kier molecular flexibility index (Phi) is 8.99. The molecule has 41 heavy (non-hydrogen) atoms. The number of aromatic nitrogens is 1. The second kappa shape index (κ2) is 12.5. The molecule has 0 amide bonds. The SMILES string of the molecule is CCOC(=O)C1=C(C)N=c2s/c(=C/c3cc(Br)c(OCc4ccc(Cl)cc4)c(Br)c3)c(=O)n2[C@H]1c1ccc(C)cc1. The third kappa shape index (κ3) is 6.28. The number of carbonyl (C=O) groups is 1. The molecule has 5 rings (SSSR count). The Morgan fingerprint density at radius 3 is 2.37 bits per heavy atom. The van der Waals surface area contributed by atoms with E-state index in [2.05, 4.69) is 36.9 Å². The van der Waals surface area contributed by atoms with Crippen molar-refractivity contribution in [2.24, 2.45) is 4.99 Å². The van der Waals surface area contributed by atoms with Gasteiger partial charge in [0.15, 0.2) is 4.80 Å². The van der Waals surface area contributed by atoms with Gasteiger partial charge >= 0.3 is 5.97 Å². The minimum Gasteiger partial charge on any atom is -0.487 e. The summed E-state index contributed by atoms with van der Waals surface area (Å²) in [4.78, 5) is 32.1. The molecule has 0 aliphatic carbocycles. The van der Waals surface area contributed by atoms with Crippen LogP contribution in [0.2, 0.25) is 5.02 Å². The van der Waals surface area contributed by atoms with Crippen molar-refractivity contribution in [3.8, 4) is 5.75 Å². The van der Waals surface area contributed by atoms with E-state index in [1.54, 1.807) is 18.4 Å². The molecule has 0 N–H and O–H groups in total. The summed E-state index contributed by atoms with van der Waals surface area (Å²) >= 11 is 14.5. The van der Waals surface area contributed by atoms with E-state index in [1.807, 2.05) is 73.7 Å². The quantitative estimate of drug-likeness (QED) is 0.196. The molecule has 0 fully saturated rings. The predicted molar refractivity (Wildman–Crippen MR) is 169 cm³/mol. The summed E-state index contributed by atoms with van der Waals surface area (Å²) in [6.45, 7) is 6.12. The normalized spacial score (nSPS) is 15.0. The van der Waals surface area contributed by atoms with Crippen LogP contribution < -0.4 is 19.6 Å². The van der Waals surface area contributed by atoms with Crippen LogP contribution in [0.5, 0.6) is 5.75 Å². The Balaban J connectivity index is 1.54. The van der Waals surface area contributed by atoms with Gasteiger partial charge in [-0.2, -0.15) is 0 Å². The Labute approximate surface area is 262 Å². The molecule has 2 heterocycles. The molecular weight excluding hydrogens is 692 g/mol. The number of carbonyl (C=O) groups excluding carboxylic acids is 1. The molecule has 10 heteroatoms. The van der Waals surface area contributed by atoms with Gasteiger partial charge in [0.1, 0.15) is 12.4 Å². The average molecular weight is 717 g/mol. The van der Waals surface area contributed by atoms with E-state index < -0.39 is 12.0 Å². The van der Waals surface area contributed by atoms with Crippen LogP contribution in [0.3, 0.4) is 0 Å². The highest BCUT2D eigenvalue weighted by molar-refractivity contribution is 9.11. The lowest BCUT2D eigenvalue weighted by Gasteiger charge is -2.24. The van der Waals surface area contributed by atoms with Crippen LogP contribution in [-0.4, -0.2) is 17.1 Å². The standard InChI is InChI=1S/C31H25Br2ClN2O4S/c1-4-39-30(38)26-18(3)35-31-36(27(26)21-9-5-17(2)6-10-21)29(37)25(41-31)15-20-13-23(32)28(24(33)14-20)40-16-19-7-11-22(34)12-8-19/h5-15,27H,4,16H2,1-3H3/b25-15+/t27-/m0/s1. The molecule has 1 aliphatic rings. The summed E-state index contributed by atoms with van der Waals surface area (Å²) in [5.41, 5.74) is 4.34. The van der Waals surface area contributed by atoms with Crippen LogP contribution in [0.15, 0.2) is 90.7 Å². The van der Waals surface area contributed by atoms with E-state index in [0.29, 0.717) is 38.0 Å². The second-order valence-corrected chi connectivity index (χ2v) is 12.6. The van der Waals surface area contributed by atoms with Gasteiger partial charge in [0.05, 0.1) is 37.4 Å². The number of ether oxygens (including phenoxy) is 2. The fourth-order valence-electron chi connectivity index (χ4n) is 4.54. The average Bonchev–Trinajstić information content (AvgIpc) is 3.23. The van der Waals surface area contributed by atoms with Crippen molar-refractivity contribution in [1.82, 2.24) is 4.57 Å². The molecular formula is C31H25Br2ClN2O4S. The third-order valence-corrected chi connectivity index (χ3v) is 8.94. The first-order valence-electron chi connectivity index (χ1n) is 12.8. The molecule has 0 saturated carbocycles. The molecule has 1 atom stereocenters. The lowest BCUT2D eigenvalue weighted by Crippen LogP contribution is -2.39. The van der Waals surface area contributed by atoms with Crippen LogP contribution >= 0.6 is 54.8 Å². The van der Waals surface area contributed by atoms with Gasteiger partial charge in [-0.15, -0.1) is 0 Å². The first-order valence-corrected chi connectivity index (χ1v) is 15.6. The van der Waals surface area contributed by atoms with Gasteiger partial charge in [-0.05, 0) is 99.7 Å². The van der Waals surface area contributed by atoms with Crippen LogP contribution in [0.1, 0.15) is 42.1 Å². The van der Waals surface area contributed by atoms with Crippen molar-refractivity contribution in [3.05, 3.63) is 128 Å². The lowest BCUT2D eigenvalue weighted by atomic mass is 9.95. The number of esters is 1. The third-order valence-electron chi connectivity index (χ3n) is 6.52. The second-order valence-electron chi connectivity index (χ2n) is 9.44. The van der Waals surface area contributed by atoms with Gasteiger partial charge < -0.3 is 9.47 Å². The largest absolute Gasteiger partial charge is 0.487 e. The molecule has 0 radical (unpaired) electrons. The van der Waals surface area contributed by atoms with E-state index in [1.165, 1.54) is 11.3 Å². The van der Waals surface area contributed by atoms with Crippen LogP contribution in [-0.2, 0) is 16.1 Å². The monoisotopic (exact) mass is 714 g/mol. The first kappa shape index (κ1) is 29.5. The van der Waals surface area contributed by atoms with Gasteiger partial charge in [0.2, 0.25) is 0 Å². The molecule has 0 saturated heterocycles. The van der Waals surface area contributed by atoms with E-state index in [4.69, 9.17) is 21.1 Å². The minimum absolute atomic E-state index is 0.226. The van der Waals surface area contributed by atoms with Crippen molar-refractivity contribution in [2.45, 2.75) is 33.4 Å². The fourth-order valence-corrected chi connectivity index (χ4v) is 7.17. The summed E-state index contributed by atoms with van der Waals surface area (Å²) in [5.74, 6) is 0.170. The summed E-state index contributed by atoms with van der Waals surface area (Å²) < 4.78 is 15.0. The number of thiazole rings is 1. The maximum absolute atomic E-state index is 13.9. The fraction of sp³-hybridized carbons (Fsp3) is 0.194. The summed E-state index contributed by atoms with van der Waals surface area (Å²) in [6, 6.07) is 18.4. The molecule has 1 aliphatic heterocycles. The molecule has 1 aromatic heterocycles. The van der Waals surface area contributed by atoms with Gasteiger partial charge in [0.25, 0.3) is 5.56 Å². The number of hydrogen-bond acceptors (Lipinski definition) is 6. The van der Waals surface area contributed by atoms with Crippen LogP contribution in [0.25, 0.3) is 6.08 Å². The molecule has 6 nitrogen and oxygen atoms in total. The highest BCUT2D eigenvalue weighted by Crippen LogP contribution is 2.36.